The van der Waals surface area contributed by atoms with Crippen LogP contribution in [0.1, 0.15) is 22.3 Å². The van der Waals surface area contributed by atoms with Gasteiger partial charge in [0.15, 0.2) is 0 Å². The third-order valence-electron chi connectivity index (χ3n) is 4.21. The van der Waals surface area contributed by atoms with E-state index in [1.54, 1.807) is 0 Å². The second-order valence-electron chi connectivity index (χ2n) is 7.94. The van der Waals surface area contributed by atoms with Gasteiger partial charge in [0.1, 0.15) is 16.5 Å². The van der Waals surface area contributed by atoms with Gasteiger partial charge in [-0.3, -0.25) is 0 Å². The van der Waals surface area contributed by atoms with Crippen LogP contribution in [0.2, 0.25) is 39.3 Å². The van der Waals surface area contributed by atoms with E-state index < -0.39 is 16.5 Å². The van der Waals surface area contributed by atoms with E-state index in [0.29, 0.717) is 0 Å². The molecule has 0 saturated heterocycles. The zero-order valence-corrected chi connectivity index (χ0v) is 17.0. The summed E-state index contributed by atoms with van der Waals surface area (Å²) in [5, 5.41) is 0. The van der Waals surface area contributed by atoms with E-state index in [0.717, 1.165) is 5.69 Å². The molecule has 0 radical (unpaired) electrons. The number of benzene rings is 1. The molecule has 0 spiro atoms. The molecule has 1 aromatic carbocycles. The maximum Gasteiger partial charge on any atom is 0.138 e. The van der Waals surface area contributed by atoms with Gasteiger partial charge >= 0.3 is 0 Å². The molecule has 0 aliphatic rings. The summed E-state index contributed by atoms with van der Waals surface area (Å²) in [6.07, 6.45) is 0. The number of nitrogens with two attached hydrogens (primary N) is 1. The Hall–Kier alpha value is -0.746. The van der Waals surface area contributed by atoms with Crippen molar-refractivity contribution in [2.45, 2.75) is 67.0 Å². The van der Waals surface area contributed by atoms with Crippen LogP contribution < -0.4 is 9.96 Å². The summed E-state index contributed by atoms with van der Waals surface area (Å²) in [6, 6.07) is 0. The van der Waals surface area contributed by atoms with Crippen LogP contribution >= 0.6 is 0 Å². The average molecular weight is 309 g/mol. The zero-order valence-electron chi connectivity index (χ0n) is 15.0. The molecule has 0 unspecified atom stereocenters. The minimum absolute atomic E-state index is 0.967. The van der Waals surface area contributed by atoms with Crippen LogP contribution in [0.3, 0.4) is 0 Å². The highest BCUT2D eigenvalue weighted by Gasteiger charge is 2.36. The van der Waals surface area contributed by atoms with Gasteiger partial charge in [0.2, 0.25) is 0 Å². The van der Waals surface area contributed by atoms with Crippen molar-refractivity contribution in [1.82, 2.24) is 0 Å². The van der Waals surface area contributed by atoms with Gasteiger partial charge in [-0.15, -0.1) is 0 Å². The molecular formula is C16H32N2Si2. The maximum absolute atomic E-state index is 6.27. The van der Waals surface area contributed by atoms with Crippen molar-refractivity contribution in [2.24, 2.45) is 0 Å². The molecule has 0 amide bonds. The van der Waals surface area contributed by atoms with E-state index in [1.165, 1.54) is 27.9 Å². The number of hydrogen-bond donors (Lipinski definition) is 1. The number of anilines is 2. The monoisotopic (exact) mass is 308 g/mol. The summed E-state index contributed by atoms with van der Waals surface area (Å²) in [7, 11) is -2.87. The minimum atomic E-state index is -1.43. The van der Waals surface area contributed by atoms with Gasteiger partial charge in [-0.25, -0.2) is 0 Å². The lowest BCUT2D eigenvalue weighted by Gasteiger charge is -2.48. The highest BCUT2D eigenvalue weighted by Crippen LogP contribution is 2.39. The lowest BCUT2D eigenvalue weighted by molar-refractivity contribution is 1.20. The third-order valence-corrected chi connectivity index (χ3v) is 11.4. The molecule has 114 valence electrons. The van der Waals surface area contributed by atoms with Crippen molar-refractivity contribution < 1.29 is 0 Å². The molecule has 0 aromatic heterocycles. The van der Waals surface area contributed by atoms with Crippen LogP contribution in [-0.4, -0.2) is 16.5 Å². The Labute approximate surface area is 127 Å². The molecule has 0 aliphatic carbocycles. The summed E-state index contributed by atoms with van der Waals surface area (Å²) in [5.74, 6) is 0. The number of nitrogens with zero attached hydrogens (tertiary/aromatic N) is 1. The lowest BCUT2D eigenvalue weighted by atomic mass is 9.97. The topological polar surface area (TPSA) is 29.3 Å². The van der Waals surface area contributed by atoms with Crippen molar-refractivity contribution in [1.29, 1.82) is 0 Å². The number of rotatable bonds is 3. The third kappa shape index (κ3) is 2.96. The van der Waals surface area contributed by atoms with Crippen LogP contribution in [0.4, 0.5) is 11.4 Å². The molecule has 0 atom stereocenters. The second-order valence-corrected chi connectivity index (χ2v) is 18.0. The lowest BCUT2D eigenvalue weighted by Crippen LogP contribution is -2.60. The Kier molecular flexibility index (Phi) is 4.52. The molecule has 0 aliphatic heterocycles. The average Bonchev–Trinajstić information content (AvgIpc) is 2.26. The van der Waals surface area contributed by atoms with Crippen LogP contribution in [-0.2, 0) is 0 Å². The van der Waals surface area contributed by atoms with Gasteiger partial charge in [-0.2, -0.15) is 0 Å². The summed E-state index contributed by atoms with van der Waals surface area (Å²) >= 11 is 0. The number of hydrogen-bond acceptors (Lipinski definition) is 2. The molecular weight excluding hydrogens is 276 g/mol. The van der Waals surface area contributed by atoms with Crippen molar-refractivity contribution >= 4 is 27.8 Å². The van der Waals surface area contributed by atoms with Gasteiger partial charge in [-0.1, -0.05) is 39.3 Å². The first-order valence-electron chi connectivity index (χ1n) is 7.46. The van der Waals surface area contributed by atoms with Crippen LogP contribution in [0.5, 0.6) is 0 Å². The van der Waals surface area contributed by atoms with E-state index in [9.17, 15) is 0 Å². The standard InChI is InChI=1S/C16H32N2Si2/c1-11-13(3)16(14(4)12(2)15(11)17)18(19(5,6)7)20(8,9)10/h17H2,1-10H3. The SMILES string of the molecule is Cc1c(C)c(N([Si](C)(C)C)[Si](C)(C)C)c(C)c(C)c1N. The summed E-state index contributed by atoms with van der Waals surface area (Å²) in [5.41, 5.74) is 14.0. The highest BCUT2D eigenvalue weighted by molar-refractivity contribution is 6.99. The first-order valence-corrected chi connectivity index (χ1v) is 14.4. The van der Waals surface area contributed by atoms with E-state index in [2.05, 4.69) is 71.2 Å². The Balaban J connectivity index is 3.76. The molecule has 0 saturated carbocycles. The van der Waals surface area contributed by atoms with Crippen LogP contribution in [0, 0.1) is 27.7 Å². The molecule has 2 nitrogen and oxygen atoms in total. The predicted molar refractivity (Wildman–Crippen MR) is 99.0 cm³/mol. The van der Waals surface area contributed by atoms with Gasteiger partial charge in [0.25, 0.3) is 0 Å². The fourth-order valence-electron chi connectivity index (χ4n) is 3.33. The molecule has 20 heavy (non-hydrogen) atoms. The molecule has 0 heterocycles. The normalized spacial score (nSPS) is 12.7. The summed E-state index contributed by atoms with van der Waals surface area (Å²) < 4.78 is 2.81. The highest BCUT2D eigenvalue weighted by atomic mass is 28.4. The Morgan fingerprint density at radius 3 is 1.20 bits per heavy atom. The fourth-order valence-corrected chi connectivity index (χ4v) is 13.4. The van der Waals surface area contributed by atoms with Crippen molar-refractivity contribution in [3.8, 4) is 0 Å². The number of nitrogen functional groups attached to an aromatic ring is 1. The van der Waals surface area contributed by atoms with Gasteiger partial charge in [0.05, 0.1) is 0 Å². The first kappa shape index (κ1) is 17.3. The Bertz CT molecular complexity index is 480. The van der Waals surface area contributed by atoms with Gasteiger partial charge < -0.3 is 9.96 Å². The quantitative estimate of drug-likeness (QED) is 0.630. The summed E-state index contributed by atoms with van der Waals surface area (Å²) in [4.78, 5) is 0. The molecule has 0 fully saturated rings. The van der Waals surface area contributed by atoms with Gasteiger partial charge in [-0.05, 0) is 49.9 Å². The zero-order chi connectivity index (χ0) is 16.0. The molecule has 1 aromatic rings. The van der Waals surface area contributed by atoms with Crippen LogP contribution in [0.25, 0.3) is 0 Å². The Morgan fingerprint density at radius 1 is 0.650 bits per heavy atom. The fraction of sp³-hybridized carbons (Fsp3) is 0.625. The smallest absolute Gasteiger partial charge is 0.138 e. The van der Waals surface area contributed by atoms with E-state index in [4.69, 9.17) is 5.73 Å². The summed E-state index contributed by atoms with van der Waals surface area (Å²) in [6.45, 7) is 23.5. The minimum Gasteiger partial charge on any atom is -0.424 e. The largest absolute Gasteiger partial charge is 0.424 e. The maximum atomic E-state index is 6.27. The molecule has 2 N–H and O–H groups in total. The molecule has 4 heteroatoms. The van der Waals surface area contributed by atoms with Crippen molar-refractivity contribution in [3.63, 3.8) is 0 Å². The van der Waals surface area contributed by atoms with Crippen molar-refractivity contribution in [3.05, 3.63) is 22.3 Å². The molecule has 0 bridgehead atoms. The second kappa shape index (κ2) is 5.22. The Morgan fingerprint density at radius 2 is 0.950 bits per heavy atom. The van der Waals surface area contributed by atoms with Crippen molar-refractivity contribution in [2.75, 3.05) is 9.96 Å². The van der Waals surface area contributed by atoms with E-state index >= 15 is 0 Å². The van der Waals surface area contributed by atoms with Crippen LogP contribution in [0.15, 0.2) is 0 Å². The van der Waals surface area contributed by atoms with E-state index in [1.807, 2.05) is 0 Å². The van der Waals surface area contributed by atoms with Gasteiger partial charge in [0, 0.05) is 11.4 Å². The molecule has 1 rings (SSSR count). The first-order chi connectivity index (χ1) is 8.80. The van der Waals surface area contributed by atoms with E-state index in [-0.39, 0.29) is 0 Å². The predicted octanol–water partition coefficient (Wildman–Crippen LogP) is 4.98.